The molecule has 1 saturated heterocycles. The van der Waals surface area contributed by atoms with E-state index in [1.807, 2.05) is 35.4 Å². The van der Waals surface area contributed by atoms with Gasteiger partial charge >= 0.3 is 5.97 Å². The minimum Gasteiger partial charge on any atom is -0.480 e. The molecule has 25 heavy (non-hydrogen) atoms. The van der Waals surface area contributed by atoms with Crippen molar-refractivity contribution in [1.29, 1.82) is 0 Å². The molecule has 2 aromatic rings. The van der Waals surface area contributed by atoms with Crippen molar-refractivity contribution in [3.8, 4) is 0 Å². The molecule has 0 aliphatic carbocycles. The molecule has 1 aliphatic rings. The Kier molecular flexibility index (Phi) is 5.95. The van der Waals surface area contributed by atoms with Crippen molar-refractivity contribution >= 4 is 40.9 Å². The van der Waals surface area contributed by atoms with Gasteiger partial charge in [0.15, 0.2) is 0 Å². The summed E-state index contributed by atoms with van der Waals surface area (Å²) in [5.41, 5.74) is 1.87. The summed E-state index contributed by atoms with van der Waals surface area (Å²) in [6, 6.07) is 13.0. The summed E-state index contributed by atoms with van der Waals surface area (Å²) in [5, 5.41) is 10.6. The number of carbonyl (C=O) groups is 1. The van der Waals surface area contributed by atoms with Gasteiger partial charge in [-0.2, -0.15) is 0 Å². The van der Waals surface area contributed by atoms with E-state index in [1.54, 1.807) is 17.8 Å². The van der Waals surface area contributed by atoms with Crippen LogP contribution in [0.1, 0.15) is 30.0 Å². The second-order valence-electron chi connectivity index (χ2n) is 6.05. The summed E-state index contributed by atoms with van der Waals surface area (Å²) >= 11 is 14.4. The smallest absolute Gasteiger partial charge is 0.320 e. The predicted octanol–water partition coefficient (Wildman–Crippen LogP) is 5.35. The Morgan fingerprint density at radius 3 is 2.60 bits per heavy atom. The fourth-order valence-corrected chi connectivity index (χ4v) is 4.25. The van der Waals surface area contributed by atoms with E-state index in [9.17, 15) is 9.90 Å². The molecule has 3 nitrogen and oxygen atoms in total. The Balaban J connectivity index is 2.10. The maximum Gasteiger partial charge on any atom is 0.320 e. The molecule has 0 amide bonds. The molecular formula is C19H19Cl2NO2S. The molecule has 1 aliphatic heterocycles. The Bertz CT molecular complexity index is 767. The third-order valence-electron chi connectivity index (χ3n) is 4.62. The Hall–Kier alpha value is -1.20. The molecule has 2 atom stereocenters. The van der Waals surface area contributed by atoms with Crippen LogP contribution in [0, 0.1) is 0 Å². The van der Waals surface area contributed by atoms with Crippen LogP contribution in [0.25, 0.3) is 0 Å². The van der Waals surface area contributed by atoms with E-state index in [4.69, 9.17) is 23.2 Å². The number of carboxylic acid groups (broad SMARTS) is 1. The molecule has 0 saturated carbocycles. The first-order valence-electron chi connectivity index (χ1n) is 8.09. The number of halogens is 2. The Labute approximate surface area is 161 Å². The molecule has 1 fully saturated rings. The standard InChI is InChI=1S/C19H19Cl2NO2S/c1-25-13-9-7-12(8-10-13)18(14-4-2-5-15(20)17(14)21)22-11-3-6-16(22)19(23)24/h2,4-5,7-10,16,18H,3,6,11H2,1H3,(H,23,24). The van der Waals surface area contributed by atoms with Gasteiger partial charge in [-0.05, 0) is 48.4 Å². The van der Waals surface area contributed by atoms with Crippen LogP contribution in [0.4, 0.5) is 0 Å². The highest BCUT2D eigenvalue weighted by Gasteiger charge is 2.37. The maximum atomic E-state index is 11.7. The zero-order valence-corrected chi connectivity index (χ0v) is 16.1. The van der Waals surface area contributed by atoms with Gasteiger partial charge in [0, 0.05) is 11.4 Å². The molecule has 0 spiro atoms. The van der Waals surface area contributed by atoms with E-state index in [1.165, 1.54) is 0 Å². The maximum absolute atomic E-state index is 11.7. The second kappa shape index (κ2) is 8.00. The average Bonchev–Trinajstić information content (AvgIpc) is 3.09. The molecule has 0 aromatic heterocycles. The largest absolute Gasteiger partial charge is 0.480 e. The van der Waals surface area contributed by atoms with E-state index < -0.39 is 12.0 Å². The van der Waals surface area contributed by atoms with Crippen LogP contribution in [0.15, 0.2) is 47.4 Å². The SMILES string of the molecule is CSc1ccc(C(c2cccc(Cl)c2Cl)N2CCCC2C(=O)O)cc1. The molecule has 1 N–H and O–H groups in total. The second-order valence-corrected chi connectivity index (χ2v) is 7.72. The van der Waals surface area contributed by atoms with E-state index in [-0.39, 0.29) is 6.04 Å². The number of carboxylic acids is 1. The lowest BCUT2D eigenvalue weighted by molar-refractivity contribution is -0.142. The van der Waals surface area contributed by atoms with Crippen LogP contribution in [-0.2, 0) is 4.79 Å². The van der Waals surface area contributed by atoms with E-state index in [0.29, 0.717) is 16.5 Å². The van der Waals surface area contributed by atoms with E-state index in [2.05, 4.69) is 12.1 Å². The Morgan fingerprint density at radius 2 is 1.96 bits per heavy atom. The number of nitrogens with zero attached hydrogens (tertiary/aromatic N) is 1. The van der Waals surface area contributed by atoms with Gasteiger partial charge in [0.1, 0.15) is 6.04 Å². The number of hydrogen-bond acceptors (Lipinski definition) is 3. The summed E-state index contributed by atoms with van der Waals surface area (Å²) in [7, 11) is 0. The summed E-state index contributed by atoms with van der Waals surface area (Å²) in [6.45, 7) is 0.717. The molecule has 0 radical (unpaired) electrons. The van der Waals surface area contributed by atoms with E-state index in [0.717, 1.165) is 29.0 Å². The Morgan fingerprint density at radius 1 is 1.24 bits per heavy atom. The first kappa shape index (κ1) is 18.6. The summed E-state index contributed by atoms with van der Waals surface area (Å²) in [6.07, 6.45) is 3.53. The topological polar surface area (TPSA) is 40.5 Å². The van der Waals surface area contributed by atoms with Gasteiger partial charge in [-0.15, -0.1) is 11.8 Å². The number of likely N-dealkylation sites (tertiary alicyclic amines) is 1. The summed E-state index contributed by atoms with van der Waals surface area (Å²) < 4.78 is 0. The quantitative estimate of drug-likeness (QED) is 0.692. The fraction of sp³-hybridized carbons (Fsp3) is 0.316. The first-order chi connectivity index (χ1) is 12.0. The van der Waals surface area contributed by atoms with Gasteiger partial charge in [-0.25, -0.2) is 0 Å². The van der Waals surface area contributed by atoms with Crippen molar-refractivity contribution in [3.63, 3.8) is 0 Å². The molecular weight excluding hydrogens is 377 g/mol. The lowest BCUT2D eigenvalue weighted by Crippen LogP contribution is -2.39. The zero-order valence-electron chi connectivity index (χ0n) is 13.8. The number of thioether (sulfide) groups is 1. The molecule has 3 rings (SSSR count). The molecule has 1 heterocycles. The normalized spacial score (nSPS) is 19.1. The summed E-state index contributed by atoms with van der Waals surface area (Å²) in [5.74, 6) is -0.790. The number of hydrogen-bond donors (Lipinski definition) is 1. The van der Waals surface area contributed by atoms with Crippen LogP contribution < -0.4 is 0 Å². The van der Waals surface area contributed by atoms with Crippen LogP contribution in [0.2, 0.25) is 10.0 Å². The van der Waals surface area contributed by atoms with Crippen LogP contribution in [0.5, 0.6) is 0 Å². The average molecular weight is 396 g/mol. The van der Waals surface area contributed by atoms with Gasteiger partial charge in [0.2, 0.25) is 0 Å². The van der Waals surface area contributed by atoms with Crippen molar-refractivity contribution in [2.24, 2.45) is 0 Å². The molecule has 2 aromatic carbocycles. The van der Waals surface area contributed by atoms with Crippen molar-refractivity contribution in [2.75, 3.05) is 12.8 Å². The van der Waals surface area contributed by atoms with Gasteiger partial charge in [0.05, 0.1) is 16.1 Å². The minimum absolute atomic E-state index is 0.231. The highest BCUT2D eigenvalue weighted by Crippen LogP contribution is 2.40. The first-order valence-corrected chi connectivity index (χ1v) is 10.1. The number of rotatable bonds is 5. The van der Waals surface area contributed by atoms with Gasteiger partial charge < -0.3 is 5.11 Å². The van der Waals surface area contributed by atoms with Gasteiger partial charge in [-0.1, -0.05) is 47.5 Å². The predicted molar refractivity (Wildman–Crippen MR) is 104 cm³/mol. The lowest BCUT2D eigenvalue weighted by atomic mass is 9.96. The van der Waals surface area contributed by atoms with Crippen molar-refractivity contribution in [2.45, 2.75) is 29.8 Å². The highest BCUT2D eigenvalue weighted by atomic mass is 35.5. The molecule has 2 unspecified atom stereocenters. The van der Waals surface area contributed by atoms with Crippen LogP contribution in [0.3, 0.4) is 0 Å². The monoisotopic (exact) mass is 395 g/mol. The molecule has 132 valence electrons. The highest BCUT2D eigenvalue weighted by molar-refractivity contribution is 7.98. The third-order valence-corrected chi connectivity index (χ3v) is 6.20. The third kappa shape index (κ3) is 3.82. The summed E-state index contributed by atoms with van der Waals surface area (Å²) in [4.78, 5) is 14.9. The zero-order chi connectivity index (χ0) is 18.0. The van der Waals surface area contributed by atoms with Crippen LogP contribution in [-0.4, -0.2) is 34.8 Å². The van der Waals surface area contributed by atoms with Crippen molar-refractivity contribution < 1.29 is 9.90 Å². The number of aliphatic carboxylic acids is 1. The van der Waals surface area contributed by atoms with Crippen LogP contribution >= 0.6 is 35.0 Å². The van der Waals surface area contributed by atoms with Gasteiger partial charge in [0.25, 0.3) is 0 Å². The minimum atomic E-state index is -0.790. The number of benzene rings is 2. The van der Waals surface area contributed by atoms with Crippen molar-refractivity contribution in [3.05, 3.63) is 63.6 Å². The fourth-order valence-electron chi connectivity index (χ4n) is 3.43. The molecule has 6 heteroatoms. The molecule has 0 bridgehead atoms. The van der Waals surface area contributed by atoms with E-state index >= 15 is 0 Å². The van der Waals surface area contributed by atoms with Crippen molar-refractivity contribution in [1.82, 2.24) is 4.90 Å². The van der Waals surface area contributed by atoms with Gasteiger partial charge in [-0.3, -0.25) is 9.69 Å². The lowest BCUT2D eigenvalue weighted by Gasteiger charge is -2.32.